The molecule has 0 aromatic rings. The molecule has 0 bridgehead atoms. The number of nitrogens with zero attached hydrogens (tertiary/aromatic N) is 2. The molecule has 0 aromatic heterocycles. The largest absolute Gasteiger partial charge is 0.342 e. The number of likely N-dealkylation sites (tertiary alicyclic amines) is 2. The normalized spacial score (nSPS) is 30.9. The Morgan fingerprint density at radius 2 is 1.60 bits per heavy atom. The summed E-state index contributed by atoms with van der Waals surface area (Å²) >= 11 is 0. The van der Waals surface area contributed by atoms with Crippen LogP contribution in [0.15, 0.2) is 0 Å². The zero-order valence-corrected chi connectivity index (χ0v) is 17.2. The summed E-state index contributed by atoms with van der Waals surface area (Å²) < 4.78 is 0. The number of carbonyl (C=O) groups excluding carboxylic acids is 1. The Labute approximate surface area is 166 Å². The van der Waals surface area contributed by atoms with E-state index in [9.17, 15) is 4.79 Å². The van der Waals surface area contributed by atoms with Gasteiger partial charge in [-0.25, -0.2) is 0 Å². The van der Waals surface area contributed by atoms with Crippen molar-refractivity contribution in [2.24, 2.45) is 17.6 Å². The highest BCUT2D eigenvalue weighted by atomic mass is 35.5. The highest BCUT2D eigenvalue weighted by Crippen LogP contribution is 2.28. The molecule has 0 spiro atoms. The van der Waals surface area contributed by atoms with E-state index in [0.29, 0.717) is 24.2 Å². The Balaban J connectivity index is 0.00000156. The predicted octanol–water partition coefficient (Wildman–Crippen LogP) is 3.46. The van der Waals surface area contributed by atoms with Gasteiger partial charge in [-0.1, -0.05) is 19.3 Å². The molecule has 3 fully saturated rings. The summed E-state index contributed by atoms with van der Waals surface area (Å²) in [6, 6.07) is 0.261. The standard InChI is InChI=1S/C19H35N3O.2ClH/c20-18-9-5-8-17(18)13-19(23)22-12-6-7-16(15-22)14-21-10-3-1-2-4-11-21;;/h16-18H,1-15,20H2;2*1H/t16?,17-,18+;;/m0../s1. The fraction of sp³-hybridized carbons (Fsp3) is 0.947. The molecule has 3 atom stereocenters. The van der Waals surface area contributed by atoms with Gasteiger partial charge in [0.25, 0.3) is 0 Å². The van der Waals surface area contributed by atoms with Gasteiger partial charge in [0.1, 0.15) is 0 Å². The van der Waals surface area contributed by atoms with Crippen molar-refractivity contribution in [3.63, 3.8) is 0 Å². The minimum absolute atomic E-state index is 0. The molecule has 3 rings (SSSR count). The zero-order valence-electron chi connectivity index (χ0n) is 15.5. The Bertz CT molecular complexity index is 389. The van der Waals surface area contributed by atoms with Crippen LogP contribution in [-0.4, -0.2) is 54.5 Å². The SMILES string of the molecule is Cl.Cl.N[C@@H]1CCC[C@H]1CC(=O)N1CCCC(CN2CCCCCC2)C1. The summed E-state index contributed by atoms with van der Waals surface area (Å²) in [7, 11) is 0. The first-order valence-electron chi connectivity index (χ1n) is 9.98. The molecule has 1 amide bonds. The molecule has 1 aliphatic carbocycles. The average Bonchev–Trinajstić information content (AvgIpc) is 2.80. The van der Waals surface area contributed by atoms with E-state index in [1.807, 2.05) is 0 Å². The predicted molar refractivity (Wildman–Crippen MR) is 109 cm³/mol. The maximum absolute atomic E-state index is 12.6. The van der Waals surface area contributed by atoms with Crippen molar-refractivity contribution >= 4 is 30.7 Å². The Hall–Kier alpha value is -0.0300. The minimum atomic E-state index is 0. The molecular weight excluding hydrogens is 357 g/mol. The van der Waals surface area contributed by atoms with Gasteiger partial charge in [0.05, 0.1) is 0 Å². The number of amides is 1. The van der Waals surface area contributed by atoms with Gasteiger partial charge in [-0.2, -0.15) is 0 Å². The van der Waals surface area contributed by atoms with E-state index in [-0.39, 0.29) is 30.9 Å². The second kappa shape index (κ2) is 11.6. The minimum Gasteiger partial charge on any atom is -0.342 e. The van der Waals surface area contributed by atoms with Crippen LogP contribution in [0.4, 0.5) is 0 Å². The molecule has 3 aliphatic rings. The van der Waals surface area contributed by atoms with Crippen LogP contribution in [0.1, 0.15) is 64.2 Å². The third-order valence-corrected chi connectivity index (χ3v) is 6.24. The van der Waals surface area contributed by atoms with Gasteiger partial charge in [-0.3, -0.25) is 4.79 Å². The molecule has 1 saturated carbocycles. The average molecular weight is 394 g/mol. The van der Waals surface area contributed by atoms with Crippen LogP contribution in [-0.2, 0) is 4.79 Å². The van der Waals surface area contributed by atoms with E-state index in [1.165, 1.54) is 64.6 Å². The smallest absolute Gasteiger partial charge is 0.222 e. The van der Waals surface area contributed by atoms with Crippen molar-refractivity contribution in [2.45, 2.75) is 70.3 Å². The summed E-state index contributed by atoms with van der Waals surface area (Å²) in [4.78, 5) is 17.5. The van der Waals surface area contributed by atoms with Crippen LogP contribution in [0.25, 0.3) is 0 Å². The van der Waals surface area contributed by atoms with E-state index in [1.54, 1.807) is 0 Å². The van der Waals surface area contributed by atoms with E-state index in [2.05, 4.69) is 9.80 Å². The van der Waals surface area contributed by atoms with Crippen molar-refractivity contribution < 1.29 is 4.79 Å². The van der Waals surface area contributed by atoms with Crippen LogP contribution in [0, 0.1) is 11.8 Å². The maximum Gasteiger partial charge on any atom is 0.222 e. The lowest BCUT2D eigenvalue weighted by Crippen LogP contribution is -2.45. The van der Waals surface area contributed by atoms with Crippen LogP contribution >= 0.6 is 24.8 Å². The molecular formula is C19H37Cl2N3O. The van der Waals surface area contributed by atoms with E-state index < -0.39 is 0 Å². The van der Waals surface area contributed by atoms with Crippen LogP contribution in [0.2, 0.25) is 0 Å². The quantitative estimate of drug-likeness (QED) is 0.795. The van der Waals surface area contributed by atoms with Gasteiger partial charge < -0.3 is 15.5 Å². The van der Waals surface area contributed by atoms with Crippen LogP contribution < -0.4 is 5.73 Å². The van der Waals surface area contributed by atoms with Crippen molar-refractivity contribution in [3.8, 4) is 0 Å². The van der Waals surface area contributed by atoms with Gasteiger partial charge in [0.15, 0.2) is 0 Å². The fourth-order valence-corrected chi connectivity index (χ4v) is 4.80. The lowest BCUT2D eigenvalue weighted by atomic mass is 9.95. The Morgan fingerprint density at radius 3 is 2.24 bits per heavy atom. The first-order chi connectivity index (χ1) is 11.2. The summed E-state index contributed by atoms with van der Waals surface area (Å²) in [5.74, 6) is 1.49. The first kappa shape index (κ1) is 23.0. The third-order valence-electron chi connectivity index (χ3n) is 6.24. The molecule has 148 valence electrons. The molecule has 6 heteroatoms. The lowest BCUT2D eigenvalue weighted by molar-refractivity contribution is -0.134. The Kier molecular flexibility index (Phi) is 10.7. The molecule has 25 heavy (non-hydrogen) atoms. The number of halogens is 2. The Morgan fingerprint density at radius 1 is 0.880 bits per heavy atom. The molecule has 1 unspecified atom stereocenters. The second-order valence-electron chi connectivity index (χ2n) is 8.12. The van der Waals surface area contributed by atoms with E-state index in [0.717, 1.165) is 25.9 Å². The number of piperidine rings is 1. The van der Waals surface area contributed by atoms with Crippen LogP contribution in [0.3, 0.4) is 0 Å². The van der Waals surface area contributed by atoms with E-state index in [4.69, 9.17) is 5.73 Å². The van der Waals surface area contributed by atoms with Gasteiger partial charge in [-0.15, -0.1) is 24.8 Å². The highest BCUT2D eigenvalue weighted by molar-refractivity contribution is 5.85. The number of rotatable bonds is 4. The fourth-order valence-electron chi connectivity index (χ4n) is 4.80. The van der Waals surface area contributed by atoms with Gasteiger partial charge >= 0.3 is 0 Å². The van der Waals surface area contributed by atoms with E-state index >= 15 is 0 Å². The van der Waals surface area contributed by atoms with Gasteiger partial charge in [0, 0.05) is 32.1 Å². The monoisotopic (exact) mass is 393 g/mol. The maximum atomic E-state index is 12.6. The number of hydrogen-bond donors (Lipinski definition) is 1. The van der Waals surface area contributed by atoms with Gasteiger partial charge in [0.2, 0.25) is 5.91 Å². The van der Waals surface area contributed by atoms with Crippen molar-refractivity contribution in [1.29, 1.82) is 0 Å². The summed E-state index contributed by atoms with van der Waals surface area (Å²) in [5, 5.41) is 0. The third kappa shape index (κ3) is 6.89. The number of nitrogens with two attached hydrogens (primary N) is 1. The van der Waals surface area contributed by atoms with Crippen molar-refractivity contribution in [3.05, 3.63) is 0 Å². The van der Waals surface area contributed by atoms with Gasteiger partial charge in [-0.05, 0) is 63.5 Å². The molecule has 2 aliphatic heterocycles. The second-order valence-corrected chi connectivity index (χ2v) is 8.12. The molecule has 2 N–H and O–H groups in total. The number of carbonyl (C=O) groups is 1. The van der Waals surface area contributed by atoms with Crippen molar-refractivity contribution in [2.75, 3.05) is 32.7 Å². The first-order valence-corrected chi connectivity index (χ1v) is 9.98. The van der Waals surface area contributed by atoms with Crippen LogP contribution in [0.5, 0.6) is 0 Å². The highest BCUT2D eigenvalue weighted by Gasteiger charge is 2.30. The topological polar surface area (TPSA) is 49.6 Å². The van der Waals surface area contributed by atoms with Crippen molar-refractivity contribution in [1.82, 2.24) is 9.80 Å². The lowest BCUT2D eigenvalue weighted by Gasteiger charge is -2.36. The summed E-state index contributed by atoms with van der Waals surface area (Å²) in [6.07, 6.45) is 12.1. The summed E-state index contributed by atoms with van der Waals surface area (Å²) in [5.41, 5.74) is 6.15. The summed E-state index contributed by atoms with van der Waals surface area (Å²) in [6.45, 7) is 5.68. The molecule has 0 aromatic carbocycles. The molecule has 2 saturated heterocycles. The zero-order chi connectivity index (χ0) is 16.1. The molecule has 0 radical (unpaired) electrons. The molecule has 4 nitrogen and oxygen atoms in total. The number of hydrogen-bond acceptors (Lipinski definition) is 3. The molecule has 2 heterocycles.